The molecule has 142 valence electrons. The number of hydrogen-bond acceptors (Lipinski definition) is 3. The second-order valence-corrected chi connectivity index (χ2v) is 8.36. The molecule has 2 saturated heterocycles. The maximum Gasteiger partial charge on any atom is 0.194 e. The Kier molecular flexibility index (Phi) is 8.26. The number of nitrogens with zero attached hydrogens (tertiary/aromatic N) is 4. The molecule has 0 radical (unpaired) electrons. The van der Waals surface area contributed by atoms with Crippen LogP contribution in [0.25, 0.3) is 0 Å². The van der Waals surface area contributed by atoms with Gasteiger partial charge in [0.15, 0.2) is 5.96 Å². The standard InChI is InChI=1S/C18H37N5.HI/c1-17(2)15-23(18(17,3)4)16(19-5)20-9-7-11-22-12-8-10-21(6)13-14-22;/h7-15H2,1-6H3,(H,19,20);1H. The van der Waals surface area contributed by atoms with Crippen molar-refractivity contribution in [1.29, 1.82) is 0 Å². The molecule has 2 aliphatic heterocycles. The molecule has 2 fully saturated rings. The minimum Gasteiger partial charge on any atom is -0.356 e. The van der Waals surface area contributed by atoms with Gasteiger partial charge in [-0.3, -0.25) is 4.99 Å². The van der Waals surface area contributed by atoms with Crippen molar-refractivity contribution in [1.82, 2.24) is 20.0 Å². The molecule has 0 spiro atoms. The van der Waals surface area contributed by atoms with E-state index in [4.69, 9.17) is 0 Å². The number of guanidine groups is 1. The molecule has 0 aromatic rings. The topological polar surface area (TPSA) is 34.1 Å². The lowest BCUT2D eigenvalue weighted by atomic mass is 9.65. The van der Waals surface area contributed by atoms with E-state index < -0.39 is 0 Å². The van der Waals surface area contributed by atoms with Gasteiger partial charge >= 0.3 is 0 Å². The van der Waals surface area contributed by atoms with Crippen LogP contribution >= 0.6 is 24.0 Å². The first-order chi connectivity index (χ1) is 10.8. The van der Waals surface area contributed by atoms with Crippen molar-refractivity contribution in [3.63, 3.8) is 0 Å². The normalized spacial score (nSPS) is 24.8. The van der Waals surface area contributed by atoms with Crippen LogP contribution in [0.1, 0.15) is 40.5 Å². The van der Waals surface area contributed by atoms with Gasteiger partial charge in [-0.1, -0.05) is 13.8 Å². The molecule has 0 aromatic carbocycles. The summed E-state index contributed by atoms with van der Waals surface area (Å²) < 4.78 is 0. The molecule has 0 saturated carbocycles. The van der Waals surface area contributed by atoms with Crippen LogP contribution in [0, 0.1) is 5.41 Å². The molecule has 0 aromatic heterocycles. The van der Waals surface area contributed by atoms with Gasteiger partial charge < -0.3 is 20.0 Å². The highest BCUT2D eigenvalue weighted by Gasteiger charge is 2.53. The van der Waals surface area contributed by atoms with Gasteiger partial charge in [0.2, 0.25) is 0 Å². The lowest BCUT2D eigenvalue weighted by molar-refractivity contribution is -0.0667. The first kappa shape index (κ1) is 22.0. The maximum absolute atomic E-state index is 4.49. The summed E-state index contributed by atoms with van der Waals surface area (Å²) in [6.45, 7) is 17.5. The molecule has 2 rings (SSSR count). The highest BCUT2D eigenvalue weighted by Crippen LogP contribution is 2.46. The summed E-state index contributed by atoms with van der Waals surface area (Å²) in [5.74, 6) is 1.06. The third kappa shape index (κ3) is 4.97. The van der Waals surface area contributed by atoms with Crippen molar-refractivity contribution in [3.8, 4) is 0 Å². The molecule has 5 nitrogen and oxygen atoms in total. The molecule has 0 atom stereocenters. The summed E-state index contributed by atoms with van der Waals surface area (Å²) in [6, 6.07) is 0. The molecule has 24 heavy (non-hydrogen) atoms. The van der Waals surface area contributed by atoms with Crippen LogP contribution in [-0.2, 0) is 0 Å². The Morgan fingerprint density at radius 3 is 2.38 bits per heavy atom. The number of nitrogens with one attached hydrogen (secondary N) is 1. The van der Waals surface area contributed by atoms with E-state index in [0.717, 1.165) is 19.0 Å². The zero-order valence-electron chi connectivity index (χ0n) is 16.6. The average Bonchev–Trinajstić information content (AvgIpc) is 2.70. The van der Waals surface area contributed by atoms with E-state index in [1.807, 2.05) is 7.05 Å². The first-order valence-corrected chi connectivity index (χ1v) is 9.17. The third-order valence-corrected chi connectivity index (χ3v) is 6.10. The van der Waals surface area contributed by atoms with E-state index >= 15 is 0 Å². The van der Waals surface area contributed by atoms with Crippen molar-refractivity contribution in [3.05, 3.63) is 0 Å². The second kappa shape index (κ2) is 9.03. The molecular formula is C18H38IN5. The van der Waals surface area contributed by atoms with Gasteiger partial charge in [-0.2, -0.15) is 0 Å². The van der Waals surface area contributed by atoms with Crippen molar-refractivity contribution in [2.24, 2.45) is 10.4 Å². The van der Waals surface area contributed by atoms with Crippen molar-refractivity contribution < 1.29 is 0 Å². The summed E-state index contributed by atoms with van der Waals surface area (Å²) in [4.78, 5) is 11.9. The molecule has 1 N–H and O–H groups in total. The summed E-state index contributed by atoms with van der Waals surface area (Å²) in [6.07, 6.45) is 2.48. The molecule has 2 aliphatic rings. The number of hydrogen-bond donors (Lipinski definition) is 1. The number of aliphatic imine (C=N–C) groups is 1. The fraction of sp³-hybridized carbons (Fsp3) is 0.944. The SMILES string of the molecule is CN=C(NCCCN1CCCN(C)CC1)N1CC(C)(C)C1(C)C.I. The highest BCUT2D eigenvalue weighted by atomic mass is 127. The summed E-state index contributed by atoms with van der Waals surface area (Å²) in [5, 5.41) is 3.57. The summed E-state index contributed by atoms with van der Waals surface area (Å²) >= 11 is 0. The van der Waals surface area contributed by atoms with Gasteiger partial charge in [-0.15, -0.1) is 24.0 Å². The fourth-order valence-corrected chi connectivity index (χ4v) is 3.52. The minimum absolute atomic E-state index is 0. The number of rotatable bonds is 4. The molecule has 0 aliphatic carbocycles. The maximum atomic E-state index is 4.49. The van der Waals surface area contributed by atoms with Crippen molar-refractivity contribution in [2.75, 3.05) is 59.9 Å². The predicted octanol–water partition coefficient (Wildman–Crippen LogP) is 2.33. The largest absolute Gasteiger partial charge is 0.356 e. The monoisotopic (exact) mass is 451 g/mol. The van der Waals surface area contributed by atoms with Gasteiger partial charge in [-0.05, 0) is 53.4 Å². The average molecular weight is 451 g/mol. The Bertz CT molecular complexity index is 422. The van der Waals surface area contributed by atoms with Crippen LogP contribution in [0.2, 0.25) is 0 Å². The Morgan fingerprint density at radius 1 is 1.08 bits per heavy atom. The smallest absolute Gasteiger partial charge is 0.194 e. The Morgan fingerprint density at radius 2 is 1.79 bits per heavy atom. The Hall–Kier alpha value is -0.0800. The van der Waals surface area contributed by atoms with Crippen LogP contribution in [0.5, 0.6) is 0 Å². The quantitative estimate of drug-likeness (QED) is 0.308. The van der Waals surface area contributed by atoms with E-state index in [9.17, 15) is 0 Å². The zero-order valence-corrected chi connectivity index (χ0v) is 18.9. The van der Waals surface area contributed by atoms with Crippen LogP contribution in [0.15, 0.2) is 4.99 Å². The van der Waals surface area contributed by atoms with E-state index in [1.54, 1.807) is 0 Å². The van der Waals surface area contributed by atoms with Gasteiger partial charge in [0, 0.05) is 44.2 Å². The van der Waals surface area contributed by atoms with Crippen LogP contribution < -0.4 is 5.32 Å². The van der Waals surface area contributed by atoms with Gasteiger partial charge in [0.25, 0.3) is 0 Å². The Labute approximate surface area is 166 Å². The molecule has 6 heteroatoms. The molecule has 0 unspecified atom stereocenters. The van der Waals surface area contributed by atoms with Gasteiger partial charge in [0.05, 0.1) is 0 Å². The predicted molar refractivity (Wildman–Crippen MR) is 115 cm³/mol. The zero-order chi connectivity index (χ0) is 17.1. The second-order valence-electron chi connectivity index (χ2n) is 8.36. The molecule has 0 amide bonds. The highest BCUT2D eigenvalue weighted by molar-refractivity contribution is 14.0. The van der Waals surface area contributed by atoms with E-state index in [2.05, 4.69) is 59.8 Å². The third-order valence-electron chi connectivity index (χ3n) is 6.10. The number of halogens is 1. The first-order valence-electron chi connectivity index (χ1n) is 9.17. The lowest BCUT2D eigenvalue weighted by Gasteiger charge is -2.62. The molecular weight excluding hydrogens is 413 g/mol. The van der Waals surface area contributed by atoms with Crippen molar-refractivity contribution >= 4 is 29.9 Å². The fourth-order valence-electron chi connectivity index (χ4n) is 3.52. The van der Waals surface area contributed by atoms with Crippen LogP contribution in [-0.4, -0.2) is 86.1 Å². The minimum atomic E-state index is 0. The van der Waals surface area contributed by atoms with Gasteiger partial charge in [-0.25, -0.2) is 0 Å². The van der Waals surface area contributed by atoms with Crippen LogP contribution in [0.3, 0.4) is 0 Å². The molecule has 0 bridgehead atoms. The van der Waals surface area contributed by atoms with Crippen LogP contribution in [0.4, 0.5) is 0 Å². The summed E-state index contributed by atoms with van der Waals surface area (Å²) in [7, 11) is 4.12. The van der Waals surface area contributed by atoms with E-state index in [0.29, 0.717) is 5.41 Å². The van der Waals surface area contributed by atoms with E-state index in [-0.39, 0.29) is 29.5 Å². The summed E-state index contributed by atoms with van der Waals surface area (Å²) in [5.41, 5.74) is 0.521. The Balaban J connectivity index is 0.00000288. The molecule has 2 heterocycles. The van der Waals surface area contributed by atoms with Gasteiger partial charge in [0.1, 0.15) is 0 Å². The van der Waals surface area contributed by atoms with Crippen molar-refractivity contribution in [2.45, 2.75) is 46.1 Å². The number of likely N-dealkylation sites (tertiary alicyclic amines) is 1. The van der Waals surface area contributed by atoms with E-state index in [1.165, 1.54) is 45.6 Å². The number of likely N-dealkylation sites (N-methyl/N-ethyl adjacent to an activating group) is 1. The lowest BCUT2D eigenvalue weighted by Crippen LogP contribution is -2.72.